The highest BCUT2D eigenvalue weighted by molar-refractivity contribution is 9.10. The number of ether oxygens (including phenoxy) is 2. The zero-order valence-electron chi connectivity index (χ0n) is 15.0. The molecule has 0 saturated carbocycles. The van der Waals surface area contributed by atoms with Gasteiger partial charge in [-0.05, 0) is 44.2 Å². The van der Waals surface area contributed by atoms with Crippen molar-refractivity contribution in [1.82, 2.24) is 4.68 Å². The minimum absolute atomic E-state index is 0.265. The lowest BCUT2D eigenvalue weighted by molar-refractivity contribution is 0.174. The van der Waals surface area contributed by atoms with E-state index in [2.05, 4.69) is 38.4 Å². The number of halogens is 1. The first kappa shape index (κ1) is 18.0. The van der Waals surface area contributed by atoms with Crippen molar-refractivity contribution in [3.63, 3.8) is 0 Å². The average molecular weight is 444 g/mol. The van der Waals surface area contributed by atoms with Crippen molar-refractivity contribution in [2.45, 2.75) is 13.8 Å². The van der Waals surface area contributed by atoms with Crippen LogP contribution >= 0.6 is 27.3 Å². The second-order valence-corrected chi connectivity index (χ2v) is 7.70. The Morgan fingerprint density at radius 3 is 2.70 bits per heavy atom. The highest BCUT2D eigenvalue weighted by Crippen LogP contribution is 2.32. The molecule has 0 aliphatic carbocycles. The van der Waals surface area contributed by atoms with Crippen LogP contribution in [0.3, 0.4) is 0 Å². The molecule has 0 bridgehead atoms. The van der Waals surface area contributed by atoms with Gasteiger partial charge in [-0.15, -0.1) is 11.3 Å². The molecule has 1 aliphatic rings. The number of aromatic nitrogens is 1. The molecular weight excluding hydrogens is 426 g/mol. The van der Waals surface area contributed by atoms with E-state index in [1.165, 1.54) is 0 Å². The predicted molar refractivity (Wildman–Crippen MR) is 112 cm³/mol. The van der Waals surface area contributed by atoms with Crippen LogP contribution in [0.25, 0.3) is 11.3 Å². The van der Waals surface area contributed by atoms with Crippen molar-refractivity contribution in [3.05, 3.63) is 62.7 Å². The molecule has 3 aromatic rings. The van der Waals surface area contributed by atoms with E-state index in [0.717, 1.165) is 43.3 Å². The number of rotatable bonds is 4. The van der Waals surface area contributed by atoms with Crippen LogP contribution in [0.2, 0.25) is 0 Å². The molecule has 27 heavy (non-hydrogen) atoms. The quantitative estimate of drug-likeness (QED) is 0.538. The van der Waals surface area contributed by atoms with Gasteiger partial charge in [0.25, 0.3) is 0 Å². The van der Waals surface area contributed by atoms with Crippen LogP contribution in [0.4, 0.5) is 0 Å². The van der Waals surface area contributed by atoms with Crippen LogP contribution in [0.15, 0.2) is 62.4 Å². The molecule has 1 aromatic heterocycles. The van der Waals surface area contributed by atoms with Gasteiger partial charge in [0.1, 0.15) is 0 Å². The Balaban J connectivity index is 1.80. The Labute approximate surface area is 169 Å². The third-order valence-electron chi connectivity index (χ3n) is 4.16. The predicted octanol–water partition coefficient (Wildman–Crippen LogP) is 4.90. The third kappa shape index (κ3) is 3.70. The summed E-state index contributed by atoms with van der Waals surface area (Å²) in [6.45, 7) is 4.99. The summed E-state index contributed by atoms with van der Waals surface area (Å²) in [7, 11) is 0. The first-order valence-corrected chi connectivity index (χ1v) is 10.3. The van der Waals surface area contributed by atoms with Gasteiger partial charge >= 0.3 is 0 Å². The fraction of sp³-hybridized carbons (Fsp3) is 0.200. The fourth-order valence-corrected chi connectivity index (χ4v) is 3.95. The van der Waals surface area contributed by atoms with E-state index < -0.39 is 0 Å². The van der Waals surface area contributed by atoms with Gasteiger partial charge in [0.15, 0.2) is 11.5 Å². The summed E-state index contributed by atoms with van der Waals surface area (Å²) in [6.07, 6.45) is 0. The summed E-state index contributed by atoms with van der Waals surface area (Å²) in [4.78, 5) is 5.47. The zero-order valence-corrected chi connectivity index (χ0v) is 17.4. The molecule has 0 amide bonds. The molecule has 4 rings (SSSR count). The molecular formula is C20H18BrN3O2S. The molecule has 0 fully saturated rings. The van der Waals surface area contributed by atoms with E-state index in [-0.39, 0.29) is 6.79 Å². The normalized spacial score (nSPS) is 14.0. The summed E-state index contributed by atoms with van der Waals surface area (Å²) < 4.78 is 13.8. The lowest BCUT2D eigenvalue weighted by atomic mass is 10.1. The van der Waals surface area contributed by atoms with Crippen molar-refractivity contribution < 1.29 is 9.47 Å². The van der Waals surface area contributed by atoms with Gasteiger partial charge in [-0.2, -0.15) is 5.10 Å². The van der Waals surface area contributed by atoms with Crippen LogP contribution in [-0.2, 0) is 0 Å². The molecule has 2 aromatic carbocycles. The number of hydrogen-bond donors (Lipinski definition) is 0. The summed E-state index contributed by atoms with van der Waals surface area (Å²) >= 11 is 5.08. The van der Waals surface area contributed by atoms with E-state index in [9.17, 15) is 0 Å². The van der Waals surface area contributed by atoms with Gasteiger partial charge in [-0.25, -0.2) is 4.68 Å². The molecule has 2 heterocycles. The van der Waals surface area contributed by atoms with Crippen molar-refractivity contribution in [3.8, 4) is 22.8 Å². The molecule has 0 saturated heterocycles. The maximum absolute atomic E-state index is 5.49. The van der Waals surface area contributed by atoms with Gasteiger partial charge in [-0.3, -0.25) is 4.99 Å². The average Bonchev–Trinajstić information content (AvgIpc) is 3.29. The Morgan fingerprint density at radius 1 is 1.15 bits per heavy atom. The SMILES string of the molecule is CCN=c1scc(-c2ccc(Br)cc2)n1N=C(C)c1ccc2c(c1)OCO2. The van der Waals surface area contributed by atoms with Gasteiger partial charge in [-0.1, -0.05) is 28.1 Å². The monoisotopic (exact) mass is 443 g/mol. The molecule has 5 nitrogen and oxygen atoms in total. The maximum atomic E-state index is 5.49. The minimum atomic E-state index is 0.265. The zero-order chi connectivity index (χ0) is 18.8. The summed E-state index contributed by atoms with van der Waals surface area (Å²) in [5.41, 5.74) is 3.97. The summed E-state index contributed by atoms with van der Waals surface area (Å²) in [5, 5.41) is 6.97. The molecule has 0 unspecified atom stereocenters. The van der Waals surface area contributed by atoms with E-state index in [1.54, 1.807) is 11.3 Å². The number of nitrogens with zero attached hydrogens (tertiary/aromatic N) is 3. The van der Waals surface area contributed by atoms with Crippen molar-refractivity contribution >= 4 is 33.0 Å². The third-order valence-corrected chi connectivity index (χ3v) is 5.54. The Kier molecular flexibility index (Phi) is 5.13. The first-order valence-electron chi connectivity index (χ1n) is 8.58. The van der Waals surface area contributed by atoms with E-state index in [1.807, 2.05) is 48.9 Å². The van der Waals surface area contributed by atoms with Crippen LogP contribution in [-0.4, -0.2) is 23.7 Å². The fourth-order valence-electron chi connectivity index (χ4n) is 2.79. The van der Waals surface area contributed by atoms with Crippen molar-refractivity contribution in [2.24, 2.45) is 10.1 Å². The summed E-state index contributed by atoms with van der Waals surface area (Å²) in [6, 6.07) is 14.1. The molecule has 7 heteroatoms. The van der Waals surface area contributed by atoms with Gasteiger partial charge in [0.05, 0.1) is 11.4 Å². The maximum Gasteiger partial charge on any atom is 0.231 e. The topological polar surface area (TPSA) is 48.1 Å². The Morgan fingerprint density at radius 2 is 1.93 bits per heavy atom. The first-order chi connectivity index (χ1) is 13.2. The van der Waals surface area contributed by atoms with Gasteiger partial charge < -0.3 is 9.47 Å². The summed E-state index contributed by atoms with van der Waals surface area (Å²) in [5.74, 6) is 1.52. The molecule has 1 aliphatic heterocycles. The molecule has 0 spiro atoms. The highest BCUT2D eigenvalue weighted by Gasteiger charge is 2.15. The Hall–Kier alpha value is -2.38. The number of hydrogen-bond acceptors (Lipinski definition) is 5. The smallest absolute Gasteiger partial charge is 0.231 e. The molecule has 0 atom stereocenters. The van der Waals surface area contributed by atoms with Crippen LogP contribution in [0, 0.1) is 0 Å². The highest BCUT2D eigenvalue weighted by atomic mass is 79.9. The van der Waals surface area contributed by atoms with Crippen LogP contribution in [0.5, 0.6) is 11.5 Å². The lowest BCUT2D eigenvalue weighted by Gasteiger charge is -2.07. The molecule has 0 N–H and O–H groups in total. The number of benzene rings is 2. The van der Waals surface area contributed by atoms with E-state index in [4.69, 9.17) is 14.6 Å². The van der Waals surface area contributed by atoms with Gasteiger partial charge in [0.2, 0.25) is 11.6 Å². The van der Waals surface area contributed by atoms with Crippen LogP contribution in [0.1, 0.15) is 19.4 Å². The van der Waals surface area contributed by atoms with Crippen molar-refractivity contribution in [2.75, 3.05) is 13.3 Å². The molecule has 138 valence electrons. The number of fused-ring (bicyclic) bond motifs is 1. The largest absolute Gasteiger partial charge is 0.454 e. The Bertz CT molecular complexity index is 1070. The number of thiazole rings is 1. The van der Waals surface area contributed by atoms with Crippen LogP contribution < -0.4 is 14.3 Å². The van der Waals surface area contributed by atoms with Crippen molar-refractivity contribution in [1.29, 1.82) is 0 Å². The standard InChI is InChI=1S/C20H18BrN3O2S/c1-3-22-20-24(17(11-27-20)14-4-7-16(21)8-5-14)23-13(2)15-6-9-18-19(10-15)26-12-25-18/h4-11H,3,12H2,1-2H3. The second-order valence-electron chi connectivity index (χ2n) is 5.95. The molecule has 0 radical (unpaired) electrons. The van der Waals surface area contributed by atoms with E-state index >= 15 is 0 Å². The lowest BCUT2D eigenvalue weighted by Crippen LogP contribution is -2.14. The van der Waals surface area contributed by atoms with Gasteiger partial charge in [0, 0.05) is 27.5 Å². The van der Waals surface area contributed by atoms with E-state index in [0.29, 0.717) is 6.54 Å². The second kappa shape index (κ2) is 7.70. The minimum Gasteiger partial charge on any atom is -0.454 e.